The van der Waals surface area contributed by atoms with Gasteiger partial charge < -0.3 is 13.9 Å². The lowest BCUT2D eigenvalue weighted by Crippen LogP contribution is -1.99. The number of fused-ring (bicyclic) bond motifs is 1. The Bertz CT molecular complexity index is 920. The highest BCUT2D eigenvalue weighted by Crippen LogP contribution is 2.31. The molecule has 0 unspecified atom stereocenters. The van der Waals surface area contributed by atoms with Crippen molar-refractivity contribution in [2.75, 3.05) is 13.2 Å². The summed E-state index contributed by atoms with van der Waals surface area (Å²) in [4.78, 5) is 4.38. The molecule has 4 nitrogen and oxygen atoms in total. The van der Waals surface area contributed by atoms with Crippen molar-refractivity contribution < 1.29 is 13.9 Å². The second-order valence-electron chi connectivity index (χ2n) is 5.11. The fourth-order valence-corrected chi connectivity index (χ4v) is 2.51. The molecule has 126 valence electrons. The Morgan fingerprint density at radius 3 is 2.84 bits per heavy atom. The number of hydrogen-bond acceptors (Lipinski definition) is 4. The van der Waals surface area contributed by atoms with E-state index in [0.29, 0.717) is 34.6 Å². The van der Waals surface area contributed by atoms with Crippen molar-refractivity contribution in [2.24, 2.45) is 0 Å². The zero-order valence-electron chi connectivity index (χ0n) is 13.7. The predicted octanol–water partition coefficient (Wildman–Crippen LogP) is 4.98. The molecule has 0 radical (unpaired) electrons. The Labute approximate surface area is 151 Å². The number of hydrogen-bond donors (Lipinski definition) is 0. The first-order valence-corrected chi connectivity index (χ1v) is 8.15. The monoisotopic (exact) mass is 353 g/mol. The molecule has 25 heavy (non-hydrogen) atoms. The van der Waals surface area contributed by atoms with Crippen LogP contribution in [0.5, 0.6) is 11.5 Å². The smallest absolute Gasteiger partial charge is 0.238 e. The molecule has 0 aliphatic heterocycles. The SMILES string of the molecule is C#CCOc1ccc(/C=C(\Cl)c2nc3ccccc3o2)cc1OCC. The van der Waals surface area contributed by atoms with E-state index in [1.54, 1.807) is 12.1 Å². The van der Waals surface area contributed by atoms with Gasteiger partial charge in [-0.2, -0.15) is 0 Å². The Kier molecular flexibility index (Phi) is 5.27. The van der Waals surface area contributed by atoms with E-state index in [0.717, 1.165) is 11.1 Å². The standard InChI is InChI=1S/C20H16ClNO3/c1-3-11-24-18-10-9-14(13-19(18)23-4-2)12-15(21)20-22-16-7-5-6-8-17(16)25-20/h1,5-10,12-13H,4,11H2,2H3/b15-12-. The summed E-state index contributed by atoms with van der Waals surface area (Å²) < 4.78 is 16.7. The van der Waals surface area contributed by atoms with Crippen LogP contribution in [0.2, 0.25) is 0 Å². The van der Waals surface area contributed by atoms with E-state index >= 15 is 0 Å². The van der Waals surface area contributed by atoms with Crippen LogP contribution < -0.4 is 9.47 Å². The number of nitrogens with zero attached hydrogens (tertiary/aromatic N) is 1. The second-order valence-corrected chi connectivity index (χ2v) is 5.52. The molecule has 0 saturated heterocycles. The van der Waals surface area contributed by atoms with Crippen LogP contribution >= 0.6 is 11.6 Å². The van der Waals surface area contributed by atoms with E-state index in [1.807, 2.05) is 43.3 Å². The fraction of sp³-hybridized carbons (Fsp3) is 0.150. The molecule has 1 heterocycles. The summed E-state index contributed by atoms with van der Waals surface area (Å²) in [6.07, 6.45) is 7.00. The Morgan fingerprint density at radius 2 is 2.08 bits per heavy atom. The van der Waals surface area contributed by atoms with Gasteiger partial charge in [0.25, 0.3) is 0 Å². The van der Waals surface area contributed by atoms with Gasteiger partial charge in [-0.15, -0.1) is 6.42 Å². The molecule has 3 rings (SSSR count). The van der Waals surface area contributed by atoms with Gasteiger partial charge in [0.05, 0.1) is 6.61 Å². The first kappa shape index (κ1) is 16.9. The zero-order chi connectivity index (χ0) is 17.6. The lowest BCUT2D eigenvalue weighted by Gasteiger charge is -2.11. The normalized spacial score (nSPS) is 11.3. The Balaban J connectivity index is 1.90. The van der Waals surface area contributed by atoms with Crippen molar-refractivity contribution >= 4 is 33.8 Å². The minimum absolute atomic E-state index is 0.179. The van der Waals surface area contributed by atoms with Crippen LogP contribution in [0.25, 0.3) is 22.2 Å². The highest BCUT2D eigenvalue weighted by Gasteiger charge is 2.10. The summed E-state index contributed by atoms with van der Waals surface area (Å²) in [5.41, 5.74) is 2.29. The predicted molar refractivity (Wildman–Crippen MR) is 99.7 cm³/mol. The number of halogens is 1. The topological polar surface area (TPSA) is 44.5 Å². The number of oxazole rings is 1. The van der Waals surface area contributed by atoms with Crippen LogP contribution in [0.4, 0.5) is 0 Å². The summed E-state index contributed by atoms with van der Waals surface area (Å²) in [6, 6.07) is 13.0. The van der Waals surface area contributed by atoms with E-state index < -0.39 is 0 Å². The van der Waals surface area contributed by atoms with Crippen LogP contribution in [0.3, 0.4) is 0 Å². The van der Waals surface area contributed by atoms with Crippen molar-refractivity contribution in [3.63, 3.8) is 0 Å². The van der Waals surface area contributed by atoms with Gasteiger partial charge in [-0.25, -0.2) is 4.98 Å². The van der Waals surface area contributed by atoms with Crippen molar-refractivity contribution in [3.8, 4) is 23.8 Å². The molecule has 3 aromatic rings. The maximum Gasteiger partial charge on any atom is 0.238 e. The number of ether oxygens (including phenoxy) is 2. The van der Waals surface area contributed by atoms with Crippen molar-refractivity contribution in [2.45, 2.75) is 6.92 Å². The molecule has 0 aliphatic rings. The molecule has 0 atom stereocenters. The van der Waals surface area contributed by atoms with Crippen LogP contribution in [-0.4, -0.2) is 18.2 Å². The molecular formula is C20H16ClNO3. The van der Waals surface area contributed by atoms with E-state index in [1.165, 1.54) is 0 Å². The lowest BCUT2D eigenvalue weighted by atomic mass is 10.2. The average molecular weight is 354 g/mol. The first-order valence-electron chi connectivity index (χ1n) is 7.77. The molecule has 0 amide bonds. The van der Waals surface area contributed by atoms with E-state index in [-0.39, 0.29) is 6.61 Å². The minimum atomic E-state index is 0.179. The van der Waals surface area contributed by atoms with Gasteiger partial charge in [0.2, 0.25) is 5.89 Å². The Morgan fingerprint density at radius 1 is 1.24 bits per heavy atom. The largest absolute Gasteiger partial charge is 0.490 e. The highest BCUT2D eigenvalue weighted by molar-refractivity contribution is 6.50. The Hall–Kier alpha value is -2.90. The number of aromatic nitrogens is 1. The summed E-state index contributed by atoms with van der Waals surface area (Å²) in [6.45, 7) is 2.59. The summed E-state index contributed by atoms with van der Waals surface area (Å²) in [5, 5.41) is 0.399. The van der Waals surface area contributed by atoms with E-state index in [9.17, 15) is 0 Å². The maximum absolute atomic E-state index is 6.37. The highest BCUT2D eigenvalue weighted by atomic mass is 35.5. The second kappa shape index (κ2) is 7.78. The van der Waals surface area contributed by atoms with Crippen molar-refractivity contribution in [1.82, 2.24) is 4.98 Å². The van der Waals surface area contributed by atoms with E-state index in [4.69, 9.17) is 31.9 Å². The maximum atomic E-state index is 6.37. The van der Waals surface area contributed by atoms with Crippen molar-refractivity contribution in [3.05, 3.63) is 53.9 Å². The summed E-state index contributed by atoms with van der Waals surface area (Å²) in [7, 11) is 0. The minimum Gasteiger partial charge on any atom is -0.490 e. The number of para-hydroxylation sites is 2. The third kappa shape index (κ3) is 3.96. The van der Waals surface area contributed by atoms with Gasteiger partial charge in [0, 0.05) is 0 Å². The zero-order valence-corrected chi connectivity index (χ0v) is 14.4. The van der Waals surface area contributed by atoms with Gasteiger partial charge in [-0.05, 0) is 42.8 Å². The number of benzene rings is 2. The van der Waals surface area contributed by atoms with Crippen molar-refractivity contribution in [1.29, 1.82) is 0 Å². The average Bonchev–Trinajstić information content (AvgIpc) is 3.06. The molecular weight excluding hydrogens is 338 g/mol. The molecule has 0 aliphatic carbocycles. The molecule has 0 fully saturated rings. The van der Waals surface area contributed by atoms with Crippen LogP contribution in [0, 0.1) is 12.3 Å². The summed E-state index contributed by atoms with van der Waals surface area (Å²) in [5.74, 6) is 4.00. The fourth-order valence-electron chi connectivity index (χ4n) is 2.30. The molecule has 5 heteroatoms. The molecule has 0 spiro atoms. The van der Waals surface area contributed by atoms with Gasteiger partial charge in [-0.1, -0.05) is 35.7 Å². The molecule has 0 saturated carbocycles. The van der Waals surface area contributed by atoms with E-state index in [2.05, 4.69) is 10.9 Å². The third-order valence-electron chi connectivity index (χ3n) is 3.37. The number of terminal acetylenes is 1. The van der Waals surface area contributed by atoms with Crippen LogP contribution in [0.15, 0.2) is 46.9 Å². The molecule has 0 bridgehead atoms. The lowest BCUT2D eigenvalue weighted by molar-refractivity contribution is 0.299. The summed E-state index contributed by atoms with van der Waals surface area (Å²) >= 11 is 6.37. The van der Waals surface area contributed by atoms with Gasteiger partial charge in [0.1, 0.15) is 17.2 Å². The van der Waals surface area contributed by atoms with Crippen LogP contribution in [0.1, 0.15) is 18.4 Å². The first-order chi connectivity index (χ1) is 12.2. The van der Waals surface area contributed by atoms with Gasteiger partial charge in [-0.3, -0.25) is 0 Å². The molecule has 2 aromatic carbocycles. The number of rotatable bonds is 6. The third-order valence-corrected chi connectivity index (χ3v) is 3.64. The quantitative estimate of drug-likeness (QED) is 0.586. The van der Waals surface area contributed by atoms with Gasteiger partial charge in [0.15, 0.2) is 17.1 Å². The van der Waals surface area contributed by atoms with Gasteiger partial charge >= 0.3 is 0 Å². The van der Waals surface area contributed by atoms with Crippen LogP contribution in [-0.2, 0) is 0 Å². The molecule has 0 N–H and O–H groups in total. The molecule has 1 aromatic heterocycles.